The first-order chi connectivity index (χ1) is 13.3. The lowest BCUT2D eigenvalue weighted by Crippen LogP contribution is -2.16. The molecule has 0 atom stereocenters. The second-order valence-corrected chi connectivity index (χ2v) is 6.30. The Kier molecular flexibility index (Phi) is 3.50. The first-order valence-electron chi connectivity index (χ1n) is 8.60. The predicted molar refractivity (Wildman–Crippen MR) is 107 cm³/mol. The van der Waals surface area contributed by atoms with Gasteiger partial charge in [0.1, 0.15) is 5.58 Å². The summed E-state index contributed by atoms with van der Waals surface area (Å²) < 4.78 is 5.70. The van der Waals surface area contributed by atoms with Crippen LogP contribution in [0.15, 0.2) is 82.4 Å². The smallest absolute Gasteiger partial charge is 0.307 e. The van der Waals surface area contributed by atoms with Gasteiger partial charge in [0.15, 0.2) is 5.76 Å². The molecule has 2 aromatic heterocycles. The molecular weight excluding hydrogens is 338 g/mol. The molecule has 3 aromatic carbocycles. The van der Waals surface area contributed by atoms with Gasteiger partial charge in [-0.2, -0.15) is 5.10 Å². The van der Waals surface area contributed by atoms with Crippen LogP contribution in [0.1, 0.15) is 16.1 Å². The number of aromatic amines is 1. The lowest BCUT2D eigenvalue weighted by Gasteiger charge is -1.96. The van der Waals surface area contributed by atoms with Crippen LogP contribution < -0.4 is 5.43 Å². The molecule has 0 saturated heterocycles. The topological polar surface area (TPSA) is 70.4 Å². The van der Waals surface area contributed by atoms with Gasteiger partial charge in [0.25, 0.3) is 0 Å². The SMILES string of the molecule is O=C(N/N=C/c1c[nH]c2ccccc12)c1cc2c(ccc3ccccc32)o1. The molecule has 27 heavy (non-hydrogen) atoms. The van der Waals surface area contributed by atoms with Crippen LogP contribution in [0.3, 0.4) is 0 Å². The Morgan fingerprint density at radius 1 is 0.963 bits per heavy atom. The van der Waals surface area contributed by atoms with E-state index in [2.05, 4.69) is 15.5 Å². The van der Waals surface area contributed by atoms with Crippen LogP contribution in [0.25, 0.3) is 32.6 Å². The predicted octanol–water partition coefficient (Wildman–Crippen LogP) is 4.83. The van der Waals surface area contributed by atoms with Crippen LogP contribution >= 0.6 is 0 Å². The number of carbonyl (C=O) groups excluding carboxylic acids is 1. The molecular formula is C22H15N3O2. The largest absolute Gasteiger partial charge is 0.451 e. The molecule has 5 nitrogen and oxygen atoms in total. The minimum absolute atomic E-state index is 0.234. The summed E-state index contributed by atoms with van der Waals surface area (Å²) in [7, 11) is 0. The molecule has 2 N–H and O–H groups in total. The Morgan fingerprint density at radius 3 is 2.70 bits per heavy atom. The van der Waals surface area contributed by atoms with E-state index in [0.29, 0.717) is 5.58 Å². The number of fused-ring (bicyclic) bond motifs is 4. The van der Waals surface area contributed by atoms with Crippen molar-refractivity contribution in [3.05, 3.63) is 84.3 Å². The molecule has 0 aliphatic carbocycles. The molecule has 5 rings (SSSR count). The number of benzene rings is 3. The van der Waals surface area contributed by atoms with Gasteiger partial charge in [-0.05, 0) is 29.0 Å². The monoisotopic (exact) mass is 353 g/mol. The molecule has 0 saturated carbocycles. The first-order valence-corrected chi connectivity index (χ1v) is 8.60. The van der Waals surface area contributed by atoms with Gasteiger partial charge < -0.3 is 9.40 Å². The van der Waals surface area contributed by atoms with E-state index in [1.54, 1.807) is 12.3 Å². The zero-order chi connectivity index (χ0) is 18.2. The van der Waals surface area contributed by atoms with Gasteiger partial charge in [-0.3, -0.25) is 4.79 Å². The summed E-state index contributed by atoms with van der Waals surface area (Å²) in [5.74, 6) is -0.149. The molecule has 130 valence electrons. The number of para-hydroxylation sites is 1. The summed E-state index contributed by atoms with van der Waals surface area (Å²) in [4.78, 5) is 15.6. The third-order valence-corrected chi connectivity index (χ3v) is 4.64. The van der Waals surface area contributed by atoms with E-state index >= 15 is 0 Å². The van der Waals surface area contributed by atoms with Gasteiger partial charge in [-0.15, -0.1) is 0 Å². The van der Waals surface area contributed by atoms with Gasteiger partial charge in [0.05, 0.1) is 6.21 Å². The Bertz CT molecular complexity index is 1330. The number of nitrogens with one attached hydrogen (secondary N) is 2. The number of amides is 1. The summed E-state index contributed by atoms with van der Waals surface area (Å²) in [5, 5.41) is 8.19. The van der Waals surface area contributed by atoms with E-state index in [0.717, 1.165) is 32.6 Å². The number of H-pyrrole nitrogens is 1. The zero-order valence-corrected chi connectivity index (χ0v) is 14.3. The maximum Gasteiger partial charge on any atom is 0.307 e. The van der Waals surface area contributed by atoms with Crippen molar-refractivity contribution in [2.24, 2.45) is 5.10 Å². The summed E-state index contributed by atoms with van der Waals surface area (Å²) >= 11 is 0. The van der Waals surface area contributed by atoms with Crippen molar-refractivity contribution >= 4 is 44.8 Å². The zero-order valence-electron chi connectivity index (χ0n) is 14.3. The molecule has 0 spiro atoms. The van der Waals surface area contributed by atoms with Crippen molar-refractivity contribution in [1.82, 2.24) is 10.4 Å². The normalized spacial score (nSPS) is 11.7. The van der Waals surface area contributed by atoms with Crippen LogP contribution in [0.2, 0.25) is 0 Å². The van der Waals surface area contributed by atoms with Gasteiger partial charge in [0.2, 0.25) is 0 Å². The number of hydrogen-bond donors (Lipinski definition) is 2. The molecule has 0 radical (unpaired) electrons. The second kappa shape index (κ2) is 6.14. The number of nitrogens with zero attached hydrogens (tertiary/aromatic N) is 1. The number of hydrogen-bond acceptors (Lipinski definition) is 3. The number of hydrazone groups is 1. The van der Waals surface area contributed by atoms with Crippen molar-refractivity contribution in [1.29, 1.82) is 0 Å². The van der Waals surface area contributed by atoms with Gasteiger partial charge in [-0.25, -0.2) is 5.43 Å². The summed E-state index contributed by atoms with van der Waals surface area (Å²) in [5.41, 5.74) is 5.14. The maximum absolute atomic E-state index is 12.4. The molecule has 0 bridgehead atoms. The molecule has 0 fully saturated rings. The number of carbonyl (C=O) groups is 1. The van der Waals surface area contributed by atoms with Gasteiger partial charge >= 0.3 is 5.91 Å². The molecule has 0 aliphatic rings. The summed E-state index contributed by atoms with van der Waals surface area (Å²) in [6.07, 6.45) is 3.47. The number of furan rings is 1. The molecule has 0 unspecified atom stereocenters. The lowest BCUT2D eigenvalue weighted by atomic mass is 10.1. The Hall–Kier alpha value is -3.86. The quantitative estimate of drug-likeness (QED) is 0.360. The molecule has 5 heteroatoms. The molecule has 2 heterocycles. The fourth-order valence-corrected chi connectivity index (χ4v) is 3.32. The first kappa shape index (κ1) is 15.4. The van der Waals surface area contributed by atoms with Crippen molar-refractivity contribution in [3.8, 4) is 0 Å². The van der Waals surface area contributed by atoms with Crippen molar-refractivity contribution in [2.45, 2.75) is 0 Å². The number of rotatable bonds is 3. The van der Waals surface area contributed by atoms with E-state index in [-0.39, 0.29) is 11.7 Å². The van der Waals surface area contributed by atoms with Crippen molar-refractivity contribution in [3.63, 3.8) is 0 Å². The minimum Gasteiger partial charge on any atom is -0.451 e. The maximum atomic E-state index is 12.4. The van der Waals surface area contributed by atoms with E-state index in [1.807, 2.05) is 66.9 Å². The highest BCUT2D eigenvalue weighted by Gasteiger charge is 2.13. The highest BCUT2D eigenvalue weighted by Crippen LogP contribution is 2.28. The van der Waals surface area contributed by atoms with Gasteiger partial charge in [0, 0.05) is 28.0 Å². The molecule has 0 aliphatic heterocycles. The fraction of sp³-hybridized carbons (Fsp3) is 0. The minimum atomic E-state index is -0.383. The van der Waals surface area contributed by atoms with Crippen LogP contribution in [-0.4, -0.2) is 17.1 Å². The van der Waals surface area contributed by atoms with Crippen LogP contribution in [0, 0.1) is 0 Å². The van der Waals surface area contributed by atoms with Crippen molar-refractivity contribution in [2.75, 3.05) is 0 Å². The average Bonchev–Trinajstić information content (AvgIpc) is 3.32. The molecule has 1 amide bonds. The number of aromatic nitrogens is 1. The molecule has 5 aromatic rings. The highest BCUT2D eigenvalue weighted by atomic mass is 16.3. The average molecular weight is 353 g/mol. The second-order valence-electron chi connectivity index (χ2n) is 6.30. The van der Waals surface area contributed by atoms with E-state index in [1.165, 1.54) is 0 Å². The Morgan fingerprint density at radius 2 is 1.78 bits per heavy atom. The fourth-order valence-electron chi connectivity index (χ4n) is 3.32. The summed E-state index contributed by atoms with van der Waals surface area (Å²) in [6.45, 7) is 0. The standard InChI is InChI=1S/C22H15N3O2/c26-22(25-24-13-15-12-23-19-8-4-3-7-17(15)19)21-11-18-16-6-2-1-5-14(16)9-10-20(18)27-21/h1-13,23H,(H,25,26)/b24-13+. The third-order valence-electron chi connectivity index (χ3n) is 4.64. The highest BCUT2D eigenvalue weighted by molar-refractivity contribution is 6.08. The third kappa shape index (κ3) is 2.66. The van der Waals surface area contributed by atoms with E-state index in [4.69, 9.17) is 4.42 Å². The van der Waals surface area contributed by atoms with Crippen molar-refractivity contribution < 1.29 is 9.21 Å². The Balaban J connectivity index is 1.41. The Labute approximate surface area is 154 Å². The van der Waals surface area contributed by atoms with E-state index in [9.17, 15) is 4.79 Å². The summed E-state index contributed by atoms with van der Waals surface area (Å²) in [6, 6.07) is 21.6. The van der Waals surface area contributed by atoms with Crippen LogP contribution in [0.4, 0.5) is 0 Å². The van der Waals surface area contributed by atoms with Crippen LogP contribution in [-0.2, 0) is 0 Å². The lowest BCUT2D eigenvalue weighted by molar-refractivity contribution is 0.0929. The van der Waals surface area contributed by atoms with E-state index < -0.39 is 0 Å². The van der Waals surface area contributed by atoms with Gasteiger partial charge in [-0.1, -0.05) is 48.5 Å². The van der Waals surface area contributed by atoms with Crippen LogP contribution in [0.5, 0.6) is 0 Å².